The molecule has 1 aliphatic heterocycles. The third kappa shape index (κ3) is 5.04. The minimum absolute atomic E-state index is 0.0794. The van der Waals surface area contributed by atoms with Gasteiger partial charge >= 0.3 is 0 Å². The molecule has 1 fully saturated rings. The zero-order chi connectivity index (χ0) is 25.1. The van der Waals surface area contributed by atoms with Crippen LogP contribution in [0.2, 0.25) is 0 Å². The van der Waals surface area contributed by atoms with Crippen molar-refractivity contribution in [3.63, 3.8) is 0 Å². The number of pyridine rings is 1. The van der Waals surface area contributed by atoms with Gasteiger partial charge in [0.05, 0.1) is 24.7 Å². The SMILES string of the molecule is COc1nn(C)cc1C(=O)Nc1cc(C#N)ncc1N1CCN(Cc2ccc(F)c(F)c2F)CC1. The molecule has 0 radical (unpaired) electrons. The van der Waals surface area contributed by atoms with Crippen LogP contribution >= 0.6 is 0 Å². The van der Waals surface area contributed by atoms with Gasteiger partial charge in [0.25, 0.3) is 5.91 Å². The maximum Gasteiger partial charge on any atom is 0.262 e. The summed E-state index contributed by atoms with van der Waals surface area (Å²) in [5.74, 6) is -4.17. The normalized spacial score (nSPS) is 14.0. The molecule has 0 atom stereocenters. The van der Waals surface area contributed by atoms with E-state index in [4.69, 9.17) is 4.74 Å². The third-order valence-electron chi connectivity index (χ3n) is 5.70. The van der Waals surface area contributed by atoms with E-state index in [2.05, 4.69) is 15.4 Å². The highest BCUT2D eigenvalue weighted by molar-refractivity contribution is 6.07. The molecule has 2 aromatic heterocycles. The topological polar surface area (TPSA) is 99.3 Å². The number of rotatable bonds is 6. The first kappa shape index (κ1) is 24.0. The summed E-state index contributed by atoms with van der Waals surface area (Å²) >= 11 is 0. The minimum Gasteiger partial charge on any atom is -0.479 e. The van der Waals surface area contributed by atoms with Gasteiger partial charge in [0, 0.05) is 57.6 Å². The van der Waals surface area contributed by atoms with Crippen LogP contribution in [0.15, 0.2) is 30.6 Å². The van der Waals surface area contributed by atoms with Crippen molar-refractivity contribution in [3.8, 4) is 11.9 Å². The Morgan fingerprint density at radius 2 is 1.94 bits per heavy atom. The number of benzene rings is 1. The molecule has 1 amide bonds. The molecule has 4 rings (SSSR count). The average molecular weight is 485 g/mol. The van der Waals surface area contributed by atoms with Gasteiger partial charge in [0.1, 0.15) is 17.3 Å². The number of methoxy groups -OCH3 is 1. The number of nitriles is 1. The zero-order valence-corrected chi connectivity index (χ0v) is 19.1. The van der Waals surface area contributed by atoms with Crippen molar-refractivity contribution in [2.45, 2.75) is 6.54 Å². The summed E-state index contributed by atoms with van der Waals surface area (Å²) in [7, 11) is 3.08. The number of halogens is 3. The van der Waals surface area contributed by atoms with E-state index in [0.717, 1.165) is 6.07 Å². The molecule has 0 unspecified atom stereocenters. The van der Waals surface area contributed by atoms with Crippen LogP contribution in [0.1, 0.15) is 21.6 Å². The van der Waals surface area contributed by atoms with Crippen LogP contribution in [0, 0.1) is 28.8 Å². The number of carbonyl (C=O) groups excluding carboxylic acids is 1. The lowest BCUT2D eigenvalue weighted by atomic mass is 10.1. The van der Waals surface area contributed by atoms with Crippen molar-refractivity contribution in [1.82, 2.24) is 19.7 Å². The predicted molar refractivity (Wildman–Crippen MR) is 120 cm³/mol. The molecule has 1 saturated heterocycles. The fraction of sp³-hybridized carbons (Fsp3) is 0.304. The molecule has 1 N–H and O–H groups in total. The number of nitrogens with zero attached hydrogens (tertiary/aromatic N) is 6. The molecule has 1 aromatic carbocycles. The molecule has 0 spiro atoms. The first-order chi connectivity index (χ1) is 16.8. The maximum absolute atomic E-state index is 14.1. The van der Waals surface area contributed by atoms with Crippen molar-refractivity contribution < 1.29 is 22.7 Å². The van der Waals surface area contributed by atoms with E-state index >= 15 is 0 Å². The first-order valence-electron chi connectivity index (χ1n) is 10.7. The second-order valence-electron chi connectivity index (χ2n) is 7.98. The smallest absolute Gasteiger partial charge is 0.262 e. The van der Waals surface area contributed by atoms with Crippen LogP contribution in [0.5, 0.6) is 5.88 Å². The zero-order valence-electron chi connectivity index (χ0n) is 19.1. The average Bonchev–Trinajstić information content (AvgIpc) is 3.25. The number of hydrogen-bond acceptors (Lipinski definition) is 7. The van der Waals surface area contributed by atoms with Crippen LogP contribution in [0.25, 0.3) is 0 Å². The molecule has 0 saturated carbocycles. The Balaban J connectivity index is 1.49. The summed E-state index contributed by atoms with van der Waals surface area (Å²) in [6.45, 7) is 2.13. The van der Waals surface area contributed by atoms with E-state index in [1.54, 1.807) is 7.05 Å². The second-order valence-corrected chi connectivity index (χ2v) is 7.98. The van der Waals surface area contributed by atoms with Crippen LogP contribution in [0.3, 0.4) is 0 Å². The number of aryl methyl sites for hydroxylation is 1. The highest BCUT2D eigenvalue weighted by Crippen LogP contribution is 2.29. The van der Waals surface area contributed by atoms with E-state index in [1.165, 1.54) is 36.3 Å². The van der Waals surface area contributed by atoms with E-state index in [1.807, 2.05) is 15.9 Å². The van der Waals surface area contributed by atoms with Gasteiger partial charge in [0.15, 0.2) is 17.5 Å². The van der Waals surface area contributed by atoms with Crippen molar-refractivity contribution in [2.75, 3.05) is 43.5 Å². The van der Waals surface area contributed by atoms with Crippen molar-refractivity contribution >= 4 is 17.3 Å². The maximum atomic E-state index is 14.1. The van der Waals surface area contributed by atoms with Gasteiger partial charge in [-0.2, -0.15) is 5.26 Å². The number of aromatic nitrogens is 3. The van der Waals surface area contributed by atoms with Gasteiger partial charge in [-0.25, -0.2) is 18.2 Å². The molecular formula is C23H22F3N7O2. The largest absolute Gasteiger partial charge is 0.479 e. The first-order valence-corrected chi connectivity index (χ1v) is 10.7. The standard InChI is InChI=1S/C23H22F3N7O2/c1-31-13-16(23(30-31)35-2)22(34)29-18-9-15(10-27)28-11-19(18)33-7-5-32(6-8-33)12-14-3-4-17(24)21(26)20(14)25/h3-4,9,11,13H,5-8,12H2,1-2H3,(H,28,29,34). The number of carbonyl (C=O) groups is 1. The van der Waals surface area contributed by atoms with Crippen LogP contribution in [-0.4, -0.2) is 58.9 Å². The summed E-state index contributed by atoms with van der Waals surface area (Å²) in [4.78, 5) is 20.9. The summed E-state index contributed by atoms with van der Waals surface area (Å²) in [6.07, 6.45) is 3.04. The fourth-order valence-corrected chi connectivity index (χ4v) is 3.90. The van der Waals surface area contributed by atoms with Gasteiger partial charge < -0.3 is 15.0 Å². The quantitative estimate of drug-likeness (QED) is 0.536. The van der Waals surface area contributed by atoms with E-state index in [0.29, 0.717) is 37.6 Å². The Bertz CT molecular complexity index is 1300. The number of piperazine rings is 1. The molecule has 0 bridgehead atoms. The molecule has 182 valence electrons. The van der Waals surface area contributed by atoms with Gasteiger partial charge in [-0.05, 0) is 6.07 Å². The predicted octanol–water partition coefficient (Wildman–Crippen LogP) is 2.69. The second kappa shape index (κ2) is 10.0. The lowest BCUT2D eigenvalue weighted by molar-refractivity contribution is 0.102. The summed E-state index contributed by atoms with van der Waals surface area (Å²) in [5, 5.41) is 16.2. The Morgan fingerprint density at radius 3 is 2.63 bits per heavy atom. The molecule has 1 aliphatic rings. The summed E-state index contributed by atoms with van der Waals surface area (Å²) in [6, 6.07) is 5.60. The number of amides is 1. The molecule has 3 heterocycles. The number of nitrogens with one attached hydrogen (secondary N) is 1. The van der Waals surface area contributed by atoms with E-state index in [9.17, 15) is 23.2 Å². The van der Waals surface area contributed by atoms with E-state index in [-0.39, 0.29) is 29.2 Å². The number of anilines is 2. The Hall–Kier alpha value is -4.11. The Labute approximate surface area is 199 Å². The summed E-state index contributed by atoms with van der Waals surface area (Å²) in [5.41, 5.74) is 1.45. The third-order valence-corrected chi connectivity index (χ3v) is 5.70. The molecule has 9 nitrogen and oxygen atoms in total. The number of hydrogen-bond donors (Lipinski definition) is 1. The monoisotopic (exact) mass is 485 g/mol. The highest BCUT2D eigenvalue weighted by atomic mass is 19.2. The van der Waals surface area contributed by atoms with Gasteiger partial charge in [0.2, 0.25) is 5.88 Å². The molecule has 3 aromatic rings. The highest BCUT2D eigenvalue weighted by Gasteiger charge is 2.24. The van der Waals surface area contributed by atoms with Crippen LogP contribution in [0.4, 0.5) is 24.5 Å². The molecule has 35 heavy (non-hydrogen) atoms. The number of ether oxygens (including phenoxy) is 1. The van der Waals surface area contributed by atoms with E-state index < -0.39 is 23.4 Å². The summed E-state index contributed by atoms with van der Waals surface area (Å²) < 4.78 is 47.4. The molecule has 12 heteroatoms. The molecular weight excluding hydrogens is 463 g/mol. The Morgan fingerprint density at radius 1 is 1.20 bits per heavy atom. The van der Waals surface area contributed by atoms with Crippen molar-refractivity contribution in [3.05, 3.63) is 64.9 Å². The van der Waals surface area contributed by atoms with Crippen molar-refractivity contribution in [1.29, 1.82) is 5.26 Å². The lowest BCUT2D eigenvalue weighted by Crippen LogP contribution is -2.46. The van der Waals surface area contributed by atoms with Crippen LogP contribution in [-0.2, 0) is 13.6 Å². The van der Waals surface area contributed by atoms with Crippen LogP contribution < -0.4 is 15.0 Å². The van der Waals surface area contributed by atoms with Gasteiger partial charge in [-0.15, -0.1) is 5.10 Å². The van der Waals surface area contributed by atoms with Gasteiger partial charge in [-0.3, -0.25) is 14.4 Å². The minimum atomic E-state index is -1.48. The fourth-order valence-electron chi connectivity index (χ4n) is 3.90. The van der Waals surface area contributed by atoms with Gasteiger partial charge in [-0.1, -0.05) is 6.07 Å². The van der Waals surface area contributed by atoms with Crippen molar-refractivity contribution in [2.24, 2.45) is 7.05 Å². The Kier molecular flexibility index (Phi) is 6.88. The lowest BCUT2D eigenvalue weighted by Gasteiger charge is -2.36. The molecule has 0 aliphatic carbocycles.